The van der Waals surface area contributed by atoms with E-state index in [9.17, 15) is 9.59 Å². The standard InChI is InChI=1S/C22H24ClFN2O5/c1-13-15-6-5-14(21(28)30-3)11-18(15)26(22(29)25(13)2)12-16-17(23)7-8-19(20(16)24)31-10-4-9-27/h5-8,11,13,27H,4,9-10,12H2,1-3H3/t13-/m0/s1. The van der Waals surface area contributed by atoms with Crippen LogP contribution < -0.4 is 9.64 Å². The van der Waals surface area contributed by atoms with Crippen molar-refractivity contribution in [3.8, 4) is 5.75 Å². The number of ether oxygens (including phenoxy) is 2. The molecule has 0 aliphatic carbocycles. The molecular formula is C22H24ClFN2O5. The number of esters is 1. The smallest absolute Gasteiger partial charge is 0.337 e. The summed E-state index contributed by atoms with van der Waals surface area (Å²) in [5.74, 6) is -1.22. The summed E-state index contributed by atoms with van der Waals surface area (Å²) in [4.78, 5) is 28.0. The number of halogens is 2. The summed E-state index contributed by atoms with van der Waals surface area (Å²) in [6.07, 6.45) is 0.356. The zero-order chi connectivity index (χ0) is 22.7. The van der Waals surface area contributed by atoms with E-state index < -0.39 is 11.8 Å². The summed E-state index contributed by atoms with van der Waals surface area (Å²) in [5.41, 5.74) is 1.67. The maximum Gasteiger partial charge on any atom is 0.337 e. The number of hydrogen-bond donors (Lipinski definition) is 1. The molecule has 1 aliphatic heterocycles. The molecule has 0 bridgehead atoms. The highest BCUT2D eigenvalue weighted by Gasteiger charge is 2.34. The summed E-state index contributed by atoms with van der Waals surface area (Å²) < 4.78 is 25.3. The number of hydrogen-bond acceptors (Lipinski definition) is 5. The van der Waals surface area contributed by atoms with E-state index in [0.29, 0.717) is 12.1 Å². The van der Waals surface area contributed by atoms with Gasteiger partial charge in [-0.05, 0) is 36.8 Å². The summed E-state index contributed by atoms with van der Waals surface area (Å²) in [5, 5.41) is 9.04. The number of carbonyl (C=O) groups excluding carboxylic acids is 2. The topological polar surface area (TPSA) is 79.3 Å². The second-order valence-electron chi connectivity index (χ2n) is 7.18. The van der Waals surface area contributed by atoms with Crippen LogP contribution in [0.3, 0.4) is 0 Å². The number of fused-ring (bicyclic) bond motifs is 1. The number of benzene rings is 2. The van der Waals surface area contributed by atoms with E-state index in [1.54, 1.807) is 25.2 Å². The molecule has 0 spiro atoms. The van der Waals surface area contributed by atoms with Crippen LogP contribution in [0.4, 0.5) is 14.9 Å². The highest BCUT2D eigenvalue weighted by molar-refractivity contribution is 6.31. The van der Waals surface area contributed by atoms with Gasteiger partial charge in [-0.3, -0.25) is 4.90 Å². The van der Waals surface area contributed by atoms with E-state index in [1.807, 2.05) is 6.92 Å². The maximum absolute atomic E-state index is 15.2. The van der Waals surface area contributed by atoms with Crippen LogP contribution in [0.25, 0.3) is 0 Å². The third-order valence-corrected chi connectivity index (χ3v) is 5.69. The third-order valence-electron chi connectivity index (χ3n) is 5.33. The Morgan fingerprint density at radius 3 is 2.71 bits per heavy atom. The van der Waals surface area contributed by atoms with Crippen molar-refractivity contribution in [2.45, 2.75) is 25.9 Å². The molecule has 2 aromatic carbocycles. The third kappa shape index (κ3) is 4.45. The predicted octanol–water partition coefficient (Wildman–Crippen LogP) is 4.16. The molecule has 0 saturated carbocycles. The van der Waals surface area contributed by atoms with Crippen molar-refractivity contribution in [3.63, 3.8) is 0 Å². The Kier molecular flexibility index (Phi) is 7.02. The Bertz CT molecular complexity index is 1000. The zero-order valence-electron chi connectivity index (χ0n) is 17.5. The fraction of sp³-hybridized carbons (Fsp3) is 0.364. The van der Waals surface area contributed by atoms with Crippen LogP contribution in [-0.2, 0) is 11.3 Å². The summed E-state index contributed by atoms with van der Waals surface area (Å²) in [6, 6.07) is 7.27. The number of aliphatic hydroxyl groups is 1. The van der Waals surface area contributed by atoms with E-state index >= 15 is 4.39 Å². The maximum atomic E-state index is 15.2. The molecule has 1 heterocycles. The summed E-state index contributed by atoms with van der Waals surface area (Å²) in [7, 11) is 2.93. The normalized spacial score (nSPS) is 15.7. The molecule has 31 heavy (non-hydrogen) atoms. The molecular weight excluding hydrogens is 427 g/mol. The van der Waals surface area contributed by atoms with Gasteiger partial charge < -0.3 is 19.5 Å². The molecule has 9 heteroatoms. The van der Waals surface area contributed by atoms with E-state index in [4.69, 9.17) is 26.2 Å². The van der Waals surface area contributed by atoms with Gasteiger partial charge in [0.15, 0.2) is 11.6 Å². The van der Waals surface area contributed by atoms with Crippen LogP contribution >= 0.6 is 11.6 Å². The minimum Gasteiger partial charge on any atom is -0.490 e. The van der Waals surface area contributed by atoms with Gasteiger partial charge in [-0.25, -0.2) is 14.0 Å². The Labute approximate surface area is 184 Å². The number of carbonyl (C=O) groups is 2. The van der Waals surface area contributed by atoms with Gasteiger partial charge in [-0.1, -0.05) is 17.7 Å². The quantitative estimate of drug-likeness (QED) is 0.506. The van der Waals surface area contributed by atoms with Crippen LogP contribution in [0.1, 0.15) is 40.9 Å². The summed E-state index contributed by atoms with van der Waals surface area (Å²) >= 11 is 6.26. The number of urea groups is 1. The number of amides is 2. The largest absolute Gasteiger partial charge is 0.490 e. The van der Waals surface area contributed by atoms with Crippen LogP contribution in [0.5, 0.6) is 5.75 Å². The van der Waals surface area contributed by atoms with Crippen molar-refractivity contribution < 1.29 is 28.6 Å². The van der Waals surface area contributed by atoms with E-state index in [0.717, 1.165) is 5.56 Å². The van der Waals surface area contributed by atoms with Crippen molar-refractivity contribution in [2.75, 3.05) is 32.3 Å². The van der Waals surface area contributed by atoms with Gasteiger partial charge >= 0.3 is 12.0 Å². The Balaban J connectivity index is 2.03. The lowest BCUT2D eigenvalue weighted by Gasteiger charge is -2.39. The highest BCUT2D eigenvalue weighted by Crippen LogP contribution is 2.39. The first-order valence-corrected chi connectivity index (χ1v) is 10.1. The number of aliphatic hydroxyl groups excluding tert-OH is 1. The van der Waals surface area contributed by atoms with Gasteiger partial charge in [0.1, 0.15) is 0 Å². The van der Waals surface area contributed by atoms with Crippen molar-refractivity contribution in [1.82, 2.24) is 4.90 Å². The molecule has 7 nitrogen and oxygen atoms in total. The van der Waals surface area contributed by atoms with Crippen LogP contribution in [0, 0.1) is 5.82 Å². The van der Waals surface area contributed by atoms with Gasteiger partial charge in [0.2, 0.25) is 0 Å². The van der Waals surface area contributed by atoms with Gasteiger partial charge in [0.25, 0.3) is 0 Å². The fourth-order valence-electron chi connectivity index (χ4n) is 3.43. The average Bonchev–Trinajstić information content (AvgIpc) is 2.77. The van der Waals surface area contributed by atoms with Crippen LogP contribution in [-0.4, -0.2) is 49.4 Å². The number of anilines is 1. The minimum atomic E-state index is -0.676. The predicted molar refractivity (Wildman–Crippen MR) is 114 cm³/mol. The molecule has 3 rings (SSSR count). The molecule has 166 valence electrons. The summed E-state index contributed by atoms with van der Waals surface area (Å²) in [6.45, 7) is 1.78. The number of methoxy groups -OCH3 is 1. The average molecular weight is 451 g/mol. The lowest BCUT2D eigenvalue weighted by Crippen LogP contribution is -2.46. The Hall–Kier alpha value is -2.84. The van der Waals surface area contributed by atoms with Crippen molar-refractivity contribution in [1.29, 1.82) is 0 Å². The molecule has 1 N–H and O–H groups in total. The lowest BCUT2D eigenvalue weighted by molar-refractivity contribution is 0.0600. The van der Waals surface area contributed by atoms with Crippen LogP contribution in [0.2, 0.25) is 5.02 Å². The lowest BCUT2D eigenvalue weighted by atomic mass is 9.98. The van der Waals surface area contributed by atoms with Crippen molar-refractivity contribution >= 4 is 29.3 Å². The van der Waals surface area contributed by atoms with Crippen molar-refractivity contribution in [2.24, 2.45) is 0 Å². The molecule has 2 amide bonds. The molecule has 1 aliphatic rings. The second kappa shape index (κ2) is 9.53. The molecule has 0 radical (unpaired) electrons. The SMILES string of the molecule is COC(=O)c1ccc2c(c1)N(Cc1c(Cl)ccc(OCCCO)c1F)C(=O)N(C)[C@H]2C. The van der Waals surface area contributed by atoms with E-state index in [2.05, 4.69) is 0 Å². The molecule has 0 aromatic heterocycles. The Morgan fingerprint density at radius 2 is 2.03 bits per heavy atom. The molecule has 1 atom stereocenters. The van der Waals surface area contributed by atoms with E-state index in [1.165, 1.54) is 29.0 Å². The first-order chi connectivity index (χ1) is 14.8. The first kappa shape index (κ1) is 22.8. The highest BCUT2D eigenvalue weighted by atomic mass is 35.5. The number of rotatable bonds is 7. The van der Waals surface area contributed by atoms with Gasteiger partial charge in [0.05, 0.1) is 37.6 Å². The first-order valence-electron chi connectivity index (χ1n) is 9.77. The molecule has 0 unspecified atom stereocenters. The molecule has 2 aromatic rings. The van der Waals surface area contributed by atoms with Crippen LogP contribution in [0.15, 0.2) is 30.3 Å². The monoisotopic (exact) mass is 450 g/mol. The molecule has 0 saturated heterocycles. The Morgan fingerprint density at radius 1 is 1.29 bits per heavy atom. The van der Waals surface area contributed by atoms with Gasteiger partial charge in [-0.15, -0.1) is 0 Å². The zero-order valence-corrected chi connectivity index (χ0v) is 18.3. The second-order valence-corrected chi connectivity index (χ2v) is 7.59. The van der Waals surface area contributed by atoms with Gasteiger partial charge in [-0.2, -0.15) is 0 Å². The minimum absolute atomic E-state index is 0.0115. The molecule has 0 fully saturated rings. The van der Waals surface area contributed by atoms with E-state index in [-0.39, 0.29) is 53.7 Å². The number of nitrogens with zero attached hydrogens (tertiary/aromatic N) is 2. The van der Waals surface area contributed by atoms with Crippen molar-refractivity contribution in [3.05, 3.63) is 57.9 Å². The fourth-order valence-corrected chi connectivity index (χ4v) is 3.64. The van der Waals surface area contributed by atoms with Gasteiger partial charge in [0, 0.05) is 30.7 Å².